The first kappa shape index (κ1) is 21.1. The third kappa shape index (κ3) is 5.16. The van der Waals surface area contributed by atoms with Crippen molar-refractivity contribution < 1.29 is 28.6 Å². The number of ketones is 1. The number of methoxy groups -OCH3 is 1. The van der Waals surface area contributed by atoms with Gasteiger partial charge in [-0.1, -0.05) is 18.2 Å². The quantitative estimate of drug-likeness (QED) is 0.678. The molecule has 7 heteroatoms. The number of amides is 1. The van der Waals surface area contributed by atoms with Crippen molar-refractivity contribution in [2.45, 2.75) is 32.7 Å². The topological polar surface area (TPSA) is 92.7 Å². The number of aryl methyl sites for hydroxylation is 2. The number of carbonyl (C=O) groups excluding carboxylic acids is 2. The van der Waals surface area contributed by atoms with Crippen LogP contribution >= 0.6 is 0 Å². The molecule has 28 heavy (non-hydrogen) atoms. The molecule has 2 rings (SSSR count). The summed E-state index contributed by atoms with van der Waals surface area (Å²) >= 11 is 0. The third-order valence-corrected chi connectivity index (χ3v) is 4.47. The van der Waals surface area contributed by atoms with E-state index in [4.69, 9.17) is 4.74 Å². The van der Waals surface area contributed by atoms with Gasteiger partial charge in [0, 0.05) is 18.4 Å². The summed E-state index contributed by atoms with van der Waals surface area (Å²) in [4.78, 5) is 35.9. The van der Waals surface area contributed by atoms with E-state index in [-0.39, 0.29) is 24.2 Å². The van der Waals surface area contributed by atoms with E-state index in [0.717, 1.165) is 17.2 Å². The fourth-order valence-corrected chi connectivity index (χ4v) is 2.68. The number of benzene rings is 2. The maximum atomic E-state index is 13.7. The Hall–Kier alpha value is -3.22. The molecule has 0 radical (unpaired) electrons. The van der Waals surface area contributed by atoms with Crippen molar-refractivity contribution in [1.82, 2.24) is 5.32 Å². The fraction of sp³-hybridized carbons (Fsp3) is 0.286. The second-order valence-electron chi connectivity index (χ2n) is 6.45. The SMILES string of the molecule is COc1ccc(C(=O)CCC(=O)NC(C(=O)O)c2ccc(C)c(C)c2)cc1F. The van der Waals surface area contributed by atoms with Crippen LogP contribution in [0.3, 0.4) is 0 Å². The molecule has 1 atom stereocenters. The minimum Gasteiger partial charge on any atom is -0.494 e. The first-order valence-electron chi connectivity index (χ1n) is 8.69. The van der Waals surface area contributed by atoms with Gasteiger partial charge in [0.1, 0.15) is 0 Å². The van der Waals surface area contributed by atoms with Crippen LogP contribution in [0.1, 0.15) is 45.9 Å². The van der Waals surface area contributed by atoms with Gasteiger partial charge >= 0.3 is 5.97 Å². The van der Waals surface area contributed by atoms with E-state index in [2.05, 4.69) is 5.32 Å². The van der Waals surface area contributed by atoms with Crippen LogP contribution < -0.4 is 10.1 Å². The maximum absolute atomic E-state index is 13.7. The number of hydrogen-bond donors (Lipinski definition) is 2. The molecule has 0 bridgehead atoms. The molecule has 0 saturated carbocycles. The van der Waals surface area contributed by atoms with Gasteiger partial charge in [0.15, 0.2) is 23.4 Å². The van der Waals surface area contributed by atoms with E-state index in [1.165, 1.54) is 19.2 Å². The lowest BCUT2D eigenvalue weighted by atomic mass is 10.0. The highest BCUT2D eigenvalue weighted by atomic mass is 19.1. The Morgan fingerprint density at radius 2 is 1.79 bits per heavy atom. The first-order valence-corrected chi connectivity index (χ1v) is 8.69. The molecule has 1 amide bonds. The number of carboxylic acids is 1. The third-order valence-electron chi connectivity index (χ3n) is 4.47. The molecule has 0 aliphatic carbocycles. The molecule has 0 spiro atoms. The van der Waals surface area contributed by atoms with Crippen LogP contribution in [0.4, 0.5) is 4.39 Å². The largest absolute Gasteiger partial charge is 0.494 e. The minimum absolute atomic E-state index is 0.0204. The Bertz CT molecular complexity index is 910. The second kappa shape index (κ2) is 9.12. The number of hydrogen-bond acceptors (Lipinski definition) is 4. The van der Waals surface area contributed by atoms with E-state index < -0.39 is 29.5 Å². The zero-order chi connectivity index (χ0) is 20.8. The average molecular weight is 387 g/mol. The first-order chi connectivity index (χ1) is 13.2. The lowest BCUT2D eigenvalue weighted by Gasteiger charge is -2.16. The molecule has 2 N–H and O–H groups in total. The summed E-state index contributed by atoms with van der Waals surface area (Å²) in [5.74, 6) is -2.84. The van der Waals surface area contributed by atoms with E-state index >= 15 is 0 Å². The van der Waals surface area contributed by atoms with Crippen molar-refractivity contribution in [2.24, 2.45) is 0 Å². The number of rotatable bonds is 8. The average Bonchev–Trinajstić information content (AvgIpc) is 2.66. The van der Waals surface area contributed by atoms with Crippen molar-refractivity contribution in [2.75, 3.05) is 7.11 Å². The van der Waals surface area contributed by atoms with E-state index in [0.29, 0.717) is 5.56 Å². The van der Waals surface area contributed by atoms with Crippen molar-refractivity contribution in [3.63, 3.8) is 0 Å². The molecule has 2 aromatic carbocycles. The number of carboxylic acid groups (broad SMARTS) is 1. The molecule has 0 fully saturated rings. The van der Waals surface area contributed by atoms with E-state index in [9.17, 15) is 23.9 Å². The van der Waals surface area contributed by atoms with Gasteiger partial charge in [-0.3, -0.25) is 9.59 Å². The maximum Gasteiger partial charge on any atom is 0.330 e. The summed E-state index contributed by atoms with van der Waals surface area (Å²) in [5, 5.41) is 11.9. The van der Waals surface area contributed by atoms with E-state index in [1.54, 1.807) is 18.2 Å². The van der Waals surface area contributed by atoms with Gasteiger partial charge in [0.25, 0.3) is 0 Å². The number of carbonyl (C=O) groups is 3. The number of halogens is 1. The highest BCUT2D eigenvalue weighted by Crippen LogP contribution is 2.20. The van der Waals surface area contributed by atoms with Crippen LogP contribution in [0.25, 0.3) is 0 Å². The number of Topliss-reactive ketones (excluding diaryl/α,β-unsaturated/α-hetero) is 1. The summed E-state index contributed by atoms with van der Waals surface area (Å²) in [6, 6.07) is 7.73. The summed E-state index contributed by atoms with van der Waals surface area (Å²) in [6.45, 7) is 3.76. The molecule has 1 unspecified atom stereocenters. The zero-order valence-corrected chi connectivity index (χ0v) is 15.9. The van der Waals surface area contributed by atoms with Gasteiger partial charge in [-0.15, -0.1) is 0 Å². The molecule has 2 aromatic rings. The van der Waals surface area contributed by atoms with Crippen molar-refractivity contribution in [3.05, 3.63) is 64.5 Å². The normalized spacial score (nSPS) is 11.6. The molecule has 0 aromatic heterocycles. The standard InChI is InChI=1S/C21H22FNO5/c1-12-4-5-15(10-13(12)2)20(21(26)27)23-19(25)9-7-17(24)14-6-8-18(28-3)16(22)11-14/h4-6,8,10-11,20H,7,9H2,1-3H3,(H,23,25)(H,26,27). The van der Waals surface area contributed by atoms with Gasteiger partial charge in [-0.25, -0.2) is 9.18 Å². The van der Waals surface area contributed by atoms with Crippen LogP contribution in [0.5, 0.6) is 5.75 Å². The summed E-state index contributed by atoms with van der Waals surface area (Å²) in [6.07, 6.45) is -0.377. The summed E-state index contributed by atoms with van der Waals surface area (Å²) in [7, 11) is 1.32. The van der Waals surface area contributed by atoms with Gasteiger partial charge in [-0.05, 0) is 48.7 Å². The summed E-state index contributed by atoms with van der Waals surface area (Å²) < 4.78 is 18.5. The fourth-order valence-electron chi connectivity index (χ4n) is 2.68. The van der Waals surface area contributed by atoms with Crippen LogP contribution in [-0.2, 0) is 9.59 Å². The Balaban J connectivity index is 2.01. The molecule has 6 nitrogen and oxygen atoms in total. The van der Waals surface area contributed by atoms with Gasteiger partial charge in [-0.2, -0.15) is 0 Å². The van der Waals surface area contributed by atoms with Gasteiger partial charge < -0.3 is 15.2 Å². The van der Waals surface area contributed by atoms with Crippen molar-refractivity contribution in [1.29, 1.82) is 0 Å². The highest BCUT2D eigenvalue weighted by Gasteiger charge is 2.23. The minimum atomic E-state index is -1.21. The smallest absolute Gasteiger partial charge is 0.330 e. The second-order valence-corrected chi connectivity index (χ2v) is 6.45. The van der Waals surface area contributed by atoms with Crippen LogP contribution in [0.2, 0.25) is 0 Å². The van der Waals surface area contributed by atoms with Crippen molar-refractivity contribution in [3.8, 4) is 5.75 Å². The van der Waals surface area contributed by atoms with Crippen molar-refractivity contribution >= 4 is 17.7 Å². The zero-order valence-electron chi connectivity index (χ0n) is 15.9. The van der Waals surface area contributed by atoms with E-state index in [1.807, 2.05) is 13.8 Å². The predicted molar refractivity (Wildman–Crippen MR) is 101 cm³/mol. The monoisotopic (exact) mass is 387 g/mol. The molecule has 0 aliphatic rings. The Morgan fingerprint density at radius 3 is 2.36 bits per heavy atom. The van der Waals surface area contributed by atoms with Crippen LogP contribution in [0.15, 0.2) is 36.4 Å². The number of nitrogens with one attached hydrogen (secondary N) is 1. The van der Waals surface area contributed by atoms with Gasteiger partial charge in [0.2, 0.25) is 5.91 Å². The Labute approximate surface area is 162 Å². The van der Waals surface area contributed by atoms with Crippen LogP contribution in [-0.4, -0.2) is 29.9 Å². The Kier molecular flexibility index (Phi) is 6.87. The molecule has 148 valence electrons. The molecule has 0 saturated heterocycles. The summed E-state index contributed by atoms with van der Waals surface area (Å²) in [5.41, 5.74) is 2.49. The lowest BCUT2D eigenvalue weighted by Crippen LogP contribution is -2.34. The van der Waals surface area contributed by atoms with Gasteiger partial charge in [0.05, 0.1) is 7.11 Å². The molecular weight excluding hydrogens is 365 g/mol. The predicted octanol–water partition coefficient (Wildman–Crippen LogP) is 3.36. The van der Waals surface area contributed by atoms with Crippen LogP contribution in [0, 0.1) is 19.7 Å². The molecular formula is C21H22FNO5. The number of aliphatic carboxylic acids is 1. The lowest BCUT2D eigenvalue weighted by molar-refractivity contribution is -0.142. The molecule has 0 aliphatic heterocycles. The molecule has 0 heterocycles. The highest BCUT2D eigenvalue weighted by molar-refractivity contribution is 5.98. The Morgan fingerprint density at radius 1 is 1.07 bits per heavy atom. The number of ether oxygens (including phenoxy) is 1.